The minimum absolute atomic E-state index is 0.292. The highest BCUT2D eigenvalue weighted by Crippen LogP contribution is 2.21. The van der Waals surface area contributed by atoms with Gasteiger partial charge in [0.05, 0.1) is 0 Å². The highest BCUT2D eigenvalue weighted by Gasteiger charge is 2.31. The van der Waals surface area contributed by atoms with Gasteiger partial charge in [0, 0.05) is 36.9 Å². The van der Waals surface area contributed by atoms with Gasteiger partial charge in [0.15, 0.2) is 0 Å². The average Bonchev–Trinajstić information content (AvgIpc) is 2.76. The molecule has 168 valence electrons. The van der Waals surface area contributed by atoms with Crippen LogP contribution in [0.15, 0.2) is 53.4 Å². The van der Waals surface area contributed by atoms with Gasteiger partial charge in [0.25, 0.3) is 0 Å². The number of carbonyl (C=O) groups excluding carboxylic acids is 1. The molecule has 6 nitrogen and oxygen atoms in total. The molecule has 1 amide bonds. The molecule has 2 aromatic rings. The van der Waals surface area contributed by atoms with Crippen LogP contribution < -0.4 is 9.62 Å². The summed E-state index contributed by atoms with van der Waals surface area (Å²) in [5.41, 5.74) is 0.985. The predicted molar refractivity (Wildman–Crippen MR) is 124 cm³/mol. The van der Waals surface area contributed by atoms with E-state index >= 15 is 0 Å². The Balaban J connectivity index is 1.69. The van der Waals surface area contributed by atoms with Crippen LogP contribution in [-0.4, -0.2) is 63.5 Å². The number of rotatable bonds is 8. The van der Waals surface area contributed by atoms with Crippen LogP contribution in [0.25, 0.3) is 0 Å². The van der Waals surface area contributed by atoms with E-state index < -0.39 is 26.8 Å². The summed E-state index contributed by atoms with van der Waals surface area (Å²) in [6.45, 7) is 2.15. The second-order valence-corrected chi connectivity index (χ2v) is 10.3. The van der Waals surface area contributed by atoms with Crippen LogP contribution in [0.2, 0.25) is 5.02 Å². The lowest BCUT2D eigenvalue weighted by Crippen LogP contribution is -2.55. The van der Waals surface area contributed by atoms with Gasteiger partial charge in [-0.05, 0) is 48.8 Å². The van der Waals surface area contributed by atoms with E-state index in [4.69, 9.17) is 11.6 Å². The smallest absolute Gasteiger partial charge is 0.244 e. The molecule has 10 heteroatoms. The Morgan fingerprint density at radius 2 is 1.87 bits per heavy atom. The molecule has 1 fully saturated rings. The molecule has 0 aliphatic carbocycles. The summed E-state index contributed by atoms with van der Waals surface area (Å²) in [5, 5.41) is 0.649. The largest absolute Gasteiger partial charge is 0.368 e. The molecule has 31 heavy (non-hydrogen) atoms. The Kier molecular flexibility index (Phi) is 8.21. The van der Waals surface area contributed by atoms with E-state index in [2.05, 4.69) is 9.62 Å². The van der Waals surface area contributed by atoms with Crippen molar-refractivity contribution in [2.75, 3.05) is 43.1 Å². The van der Waals surface area contributed by atoms with Crippen molar-refractivity contribution in [2.24, 2.45) is 0 Å². The van der Waals surface area contributed by atoms with Crippen molar-refractivity contribution in [3.63, 3.8) is 0 Å². The molecule has 1 saturated heterocycles. The van der Waals surface area contributed by atoms with Gasteiger partial charge in [-0.15, -0.1) is 0 Å². The topological polar surface area (TPSA) is 69.7 Å². The molecule has 1 aliphatic rings. The highest BCUT2D eigenvalue weighted by atomic mass is 35.5. The number of sulfonamides is 1. The maximum Gasteiger partial charge on any atom is 0.244 e. The van der Waals surface area contributed by atoms with Crippen LogP contribution in [0.1, 0.15) is 6.42 Å². The van der Waals surface area contributed by atoms with Gasteiger partial charge >= 0.3 is 0 Å². The normalized spacial score (nSPS) is 15.7. The fourth-order valence-electron chi connectivity index (χ4n) is 3.46. The van der Waals surface area contributed by atoms with Gasteiger partial charge in [-0.3, -0.25) is 4.79 Å². The van der Waals surface area contributed by atoms with Crippen LogP contribution >= 0.6 is 23.4 Å². The molecule has 1 atom stereocenters. The zero-order valence-electron chi connectivity index (χ0n) is 17.1. The number of hydrogen-bond acceptors (Lipinski definition) is 5. The van der Waals surface area contributed by atoms with Crippen molar-refractivity contribution in [1.29, 1.82) is 0 Å². The minimum atomic E-state index is -4.17. The summed E-state index contributed by atoms with van der Waals surface area (Å²) in [5.74, 6) is -0.542. The molecule has 1 N–H and O–H groups in total. The molecule has 1 aliphatic heterocycles. The van der Waals surface area contributed by atoms with Gasteiger partial charge in [-0.1, -0.05) is 29.8 Å². The average molecular weight is 486 g/mol. The van der Waals surface area contributed by atoms with Crippen LogP contribution in [0.3, 0.4) is 0 Å². The van der Waals surface area contributed by atoms with Crippen molar-refractivity contribution < 1.29 is 17.6 Å². The van der Waals surface area contributed by atoms with Gasteiger partial charge in [0.1, 0.15) is 16.8 Å². The number of piperazine rings is 1. The number of hydrogen-bond donors (Lipinski definition) is 1. The maximum atomic E-state index is 14.0. The van der Waals surface area contributed by atoms with Crippen molar-refractivity contribution in [2.45, 2.75) is 17.4 Å². The Labute approximate surface area is 191 Å². The first-order valence-corrected chi connectivity index (χ1v) is 13.1. The fourth-order valence-corrected chi connectivity index (χ4v) is 5.42. The Hall–Kier alpha value is -1.81. The number of nitrogens with one attached hydrogen (secondary N) is 1. The number of nitrogens with zero attached hydrogens (tertiary/aromatic N) is 2. The lowest BCUT2D eigenvalue weighted by Gasteiger charge is -2.37. The molecular formula is C21H25ClFN3O3S2. The molecular weight excluding hydrogens is 461 g/mol. The summed E-state index contributed by atoms with van der Waals surface area (Å²) in [6.07, 6.45) is 2.21. The van der Waals surface area contributed by atoms with Gasteiger partial charge in [0.2, 0.25) is 15.9 Å². The minimum Gasteiger partial charge on any atom is -0.368 e. The van der Waals surface area contributed by atoms with E-state index in [1.807, 2.05) is 30.5 Å². The van der Waals surface area contributed by atoms with Crippen LogP contribution in [-0.2, 0) is 14.8 Å². The lowest BCUT2D eigenvalue weighted by molar-refractivity contribution is -0.133. The Morgan fingerprint density at radius 1 is 1.16 bits per heavy atom. The third-order valence-electron chi connectivity index (χ3n) is 5.10. The third-order valence-corrected chi connectivity index (χ3v) is 7.48. The van der Waals surface area contributed by atoms with E-state index in [0.29, 0.717) is 43.4 Å². The SMILES string of the molecule is CSCCC(NS(=O)(=O)c1ccccc1F)C(=O)N1CCN(c2cccc(Cl)c2)CC1. The fraction of sp³-hybridized carbons (Fsp3) is 0.381. The van der Waals surface area contributed by atoms with E-state index in [0.717, 1.165) is 11.8 Å². The molecule has 0 saturated carbocycles. The summed E-state index contributed by atoms with van der Waals surface area (Å²) >= 11 is 7.59. The molecule has 0 aromatic heterocycles. The van der Waals surface area contributed by atoms with E-state index in [1.54, 1.807) is 4.90 Å². The first-order valence-electron chi connectivity index (χ1n) is 9.87. The summed E-state index contributed by atoms with van der Waals surface area (Å²) in [4.78, 5) is 16.5. The van der Waals surface area contributed by atoms with Crippen molar-refractivity contribution in [1.82, 2.24) is 9.62 Å². The quantitative estimate of drug-likeness (QED) is 0.621. The van der Waals surface area contributed by atoms with Crippen LogP contribution in [0.4, 0.5) is 10.1 Å². The molecule has 0 bridgehead atoms. The summed E-state index contributed by atoms with van der Waals surface area (Å²) in [7, 11) is -4.17. The maximum absolute atomic E-state index is 14.0. The second-order valence-electron chi connectivity index (χ2n) is 7.18. The van der Waals surface area contributed by atoms with Gasteiger partial charge < -0.3 is 9.80 Å². The number of halogens is 2. The number of anilines is 1. The van der Waals surface area contributed by atoms with Crippen molar-refractivity contribution in [3.8, 4) is 0 Å². The monoisotopic (exact) mass is 485 g/mol. The molecule has 1 unspecified atom stereocenters. The number of amides is 1. The molecule has 0 spiro atoms. The molecule has 2 aromatic carbocycles. The van der Waals surface area contributed by atoms with Crippen molar-refractivity contribution in [3.05, 3.63) is 59.4 Å². The third kappa shape index (κ3) is 6.12. The highest BCUT2D eigenvalue weighted by molar-refractivity contribution is 7.98. The van der Waals surface area contributed by atoms with E-state index in [-0.39, 0.29) is 5.91 Å². The van der Waals surface area contributed by atoms with Gasteiger partial charge in [-0.2, -0.15) is 16.5 Å². The molecule has 3 rings (SSSR count). The van der Waals surface area contributed by atoms with Crippen LogP contribution in [0, 0.1) is 5.82 Å². The molecule has 0 radical (unpaired) electrons. The zero-order valence-corrected chi connectivity index (χ0v) is 19.5. The van der Waals surface area contributed by atoms with Crippen molar-refractivity contribution >= 4 is 45.0 Å². The summed E-state index contributed by atoms with van der Waals surface area (Å²) in [6, 6.07) is 11.7. The predicted octanol–water partition coefficient (Wildman–Crippen LogP) is 3.23. The van der Waals surface area contributed by atoms with E-state index in [1.165, 1.54) is 30.0 Å². The van der Waals surface area contributed by atoms with Crippen LogP contribution in [0.5, 0.6) is 0 Å². The molecule has 1 heterocycles. The summed E-state index contributed by atoms with van der Waals surface area (Å²) < 4.78 is 41.9. The zero-order chi connectivity index (χ0) is 22.4. The first-order chi connectivity index (χ1) is 14.8. The number of benzene rings is 2. The second kappa shape index (κ2) is 10.7. The lowest BCUT2D eigenvalue weighted by atomic mass is 10.2. The number of carbonyl (C=O) groups is 1. The Morgan fingerprint density at radius 3 is 2.52 bits per heavy atom. The number of thioether (sulfide) groups is 1. The standard InChI is InChI=1S/C21H25ClFN3O3S2/c1-30-14-9-19(24-31(28,29)20-8-3-2-7-18(20)23)21(27)26-12-10-25(11-13-26)17-6-4-5-16(22)15-17/h2-8,15,19,24H,9-14H2,1H3. The van der Waals surface area contributed by atoms with E-state index in [9.17, 15) is 17.6 Å². The Bertz CT molecular complexity index is 1010. The first kappa shape index (κ1) is 23.8. The van der Waals surface area contributed by atoms with Gasteiger partial charge in [-0.25, -0.2) is 12.8 Å².